The number of nitrogens with one attached hydrogen (secondary N) is 2. The Balaban J connectivity index is 1.55. The largest absolute Gasteiger partial charge is 0.505 e. The smallest absolute Gasteiger partial charge is 0.412 e. The summed E-state index contributed by atoms with van der Waals surface area (Å²) in [6.45, 7) is 5.86. The van der Waals surface area contributed by atoms with Gasteiger partial charge in [0.15, 0.2) is 17.4 Å². The van der Waals surface area contributed by atoms with E-state index in [0.29, 0.717) is 40.5 Å². The number of aromatic hydroxyl groups is 1. The van der Waals surface area contributed by atoms with E-state index in [1.807, 2.05) is 47.0 Å². The second-order valence-electron chi connectivity index (χ2n) is 10.4. The fraction of sp³-hybridized carbons (Fsp3) is 0.194. The van der Waals surface area contributed by atoms with Crippen LogP contribution in [0.25, 0.3) is 28.0 Å². The zero-order chi connectivity index (χ0) is 29.1. The van der Waals surface area contributed by atoms with Gasteiger partial charge in [-0.25, -0.2) is 19.2 Å². The lowest BCUT2D eigenvalue weighted by molar-refractivity contribution is 0.0636. The number of hydrogen-bond acceptors (Lipinski definition) is 7. The SMILES string of the molecule is COc1ccc(CNc2ncnc3cc(-c4ccc(NC(=O)OC(C)(C)C)cc4)n(-c4ccc(O)c(F)c4)c23)cc1. The van der Waals surface area contributed by atoms with Crippen LogP contribution in [0.15, 0.2) is 79.1 Å². The number of phenols is 1. The van der Waals surface area contributed by atoms with Crippen LogP contribution in [0, 0.1) is 5.82 Å². The van der Waals surface area contributed by atoms with Gasteiger partial charge in [0.05, 0.1) is 18.3 Å². The van der Waals surface area contributed by atoms with Crippen LogP contribution in [0.1, 0.15) is 26.3 Å². The zero-order valence-corrected chi connectivity index (χ0v) is 23.1. The minimum atomic E-state index is -0.753. The lowest BCUT2D eigenvalue weighted by Gasteiger charge is -2.19. The summed E-state index contributed by atoms with van der Waals surface area (Å²) >= 11 is 0. The molecule has 0 radical (unpaired) electrons. The Kier molecular flexibility index (Phi) is 7.47. The van der Waals surface area contributed by atoms with Crippen molar-refractivity contribution in [3.8, 4) is 28.4 Å². The van der Waals surface area contributed by atoms with Gasteiger partial charge < -0.3 is 24.5 Å². The summed E-state index contributed by atoms with van der Waals surface area (Å²) in [6.07, 6.45) is 0.916. The van der Waals surface area contributed by atoms with Crippen LogP contribution in [0.2, 0.25) is 0 Å². The van der Waals surface area contributed by atoms with Gasteiger partial charge in [-0.1, -0.05) is 24.3 Å². The van der Waals surface area contributed by atoms with E-state index in [1.165, 1.54) is 18.5 Å². The second kappa shape index (κ2) is 11.2. The van der Waals surface area contributed by atoms with Crippen molar-refractivity contribution in [1.82, 2.24) is 14.5 Å². The second-order valence-corrected chi connectivity index (χ2v) is 10.4. The molecule has 2 heterocycles. The van der Waals surface area contributed by atoms with Crippen LogP contribution in [-0.4, -0.2) is 38.4 Å². The third-order valence-electron chi connectivity index (χ3n) is 6.22. The molecule has 5 rings (SSSR count). The number of hydrogen-bond donors (Lipinski definition) is 3. The van der Waals surface area contributed by atoms with Crippen molar-refractivity contribution in [3.05, 3.63) is 90.5 Å². The molecule has 2 aromatic heterocycles. The molecule has 41 heavy (non-hydrogen) atoms. The topological polar surface area (TPSA) is 111 Å². The summed E-state index contributed by atoms with van der Waals surface area (Å²) in [5, 5.41) is 15.9. The molecule has 9 nitrogen and oxygen atoms in total. The maximum Gasteiger partial charge on any atom is 0.412 e. The molecule has 210 valence electrons. The van der Waals surface area contributed by atoms with E-state index in [-0.39, 0.29) is 0 Å². The standard InChI is InChI=1S/C31H30FN5O4/c1-31(2,3)41-30(39)36-21-9-7-20(8-10-21)26-16-25-28(37(26)22-11-14-27(38)24(32)15-22)29(35-18-34-25)33-17-19-5-12-23(40-4)13-6-19/h5-16,18,38H,17H2,1-4H3,(H,36,39)(H,33,34,35). The molecule has 3 N–H and O–H groups in total. The molecule has 0 spiro atoms. The number of benzene rings is 3. The minimum absolute atomic E-state index is 0.446. The van der Waals surface area contributed by atoms with Crippen LogP contribution in [-0.2, 0) is 11.3 Å². The van der Waals surface area contributed by atoms with E-state index in [0.717, 1.165) is 16.9 Å². The van der Waals surface area contributed by atoms with E-state index in [4.69, 9.17) is 9.47 Å². The lowest BCUT2D eigenvalue weighted by Crippen LogP contribution is -2.27. The van der Waals surface area contributed by atoms with Gasteiger partial charge in [0, 0.05) is 24.0 Å². The minimum Gasteiger partial charge on any atom is -0.505 e. The van der Waals surface area contributed by atoms with Gasteiger partial charge in [0.1, 0.15) is 23.2 Å². The number of nitrogens with zero attached hydrogens (tertiary/aromatic N) is 3. The lowest BCUT2D eigenvalue weighted by atomic mass is 10.1. The quantitative estimate of drug-likeness (QED) is 0.200. The molecule has 0 bridgehead atoms. The Hall–Kier alpha value is -5.12. The van der Waals surface area contributed by atoms with Gasteiger partial charge in [0.25, 0.3) is 0 Å². The van der Waals surface area contributed by atoms with Gasteiger partial charge in [-0.3, -0.25) is 5.32 Å². The molecule has 5 aromatic rings. The predicted octanol–water partition coefficient (Wildman–Crippen LogP) is 6.90. The molecule has 0 atom stereocenters. The fourth-order valence-electron chi connectivity index (χ4n) is 4.35. The highest BCUT2D eigenvalue weighted by Crippen LogP contribution is 2.35. The van der Waals surface area contributed by atoms with Gasteiger partial charge in [-0.15, -0.1) is 0 Å². The molecular formula is C31H30FN5O4. The first-order chi connectivity index (χ1) is 19.6. The first-order valence-electron chi connectivity index (χ1n) is 12.9. The molecular weight excluding hydrogens is 525 g/mol. The van der Waals surface area contributed by atoms with Crippen LogP contribution < -0.4 is 15.4 Å². The van der Waals surface area contributed by atoms with Crippen molar-refractivity contribution in [1.29, 1.82) is 0 Å². The number of methoxy groups -OCH3 is 1. The van der Waals surface area contributed by atoms with Crippen molar-refractivity contribution in [3.63, 3.8) is 0 Å². The van der Waals surface area contributed by atoms with Crippen molar-refractivity contribution >= 4 is 28.6 Å². The number of rotatable bonds is 7. The third kappa shape index (κ3) is 6.22. The van der Waals surface area contributed by atoms with E-state index in [2.05, 4.69) is 20.6 Å². The highest BCUT2D eigenvalue weighted by molar-refractivity contribution is 5.93. The van der Waals surface area contributed by atoms with Crippen molar-refractivity contribution in [2.45, 2.75) is 32.9 Å². The summed E-state index contributed by atoms with van der Waals surface area (Å²) in [5.41, 5.74) is 4.19. The van der Waals surface area contributed by atoms with Crippen LogP contribution in [0.4, 0.5) is 20.7 Å². The molecule has 0 saturated heterocycles. The Labute approximate surface area is 236 Å². The Morgan fingerprint density at radius 3 is 2.39 bits per heavy atom. The number of fused-ring (bicyclic) bond motifs is 1. The molecule has 10 heteroatoms. The number of ether oxygens (including phenoxy) is 2. The first-order valence-corrected chi connectivity index (χ1v) is 12.9. The van der Waals surface area contributed by atoms with E-state index < -0.39 is 23.3 Å². The Bertz CT molecular complexity index is 1690. The van der Waals surface area contributed by atoms with Crippen LogP contribution >= 0.6 is 0 Å². The number of aromatic nitrogens is 3. The Morgan fingerprint density at radius 1 is 1.00 bits per heavy atom. The van der Waals surface area contributed by atoms with Gasteiger partial charge in [-0.05, 0) is 74.4 Å². The van der Waals surface area contributed by atoms with E-state index >= 15 is 0 Å². The number of carbonyl (C=O) groups excluding carboxylic acids is 1. The average molecular weight is 556 g/mol. The fourth-order valence-corrected chi connectivity index (χ4v) is 4.35. The average Bonchev–Trinajstić information content (AvgIpc) is 3.33. The molecule has 0 saturated carbocycles. The van der Waals surface area contributed by atoms with Gasteiger partial charge >= 0.3 is 6.09 Å². The predicted molar refractivity (Wildman–Crippen MR) is 156 cm³/mol. The van der Waals surface area contributed by atoms with Gasteiger partial charge in [-0.2, -0.15) is 0 Å². The number of anilines is 2. The van der Waals surface area contributed by atoms with Crippen molar-refractivity contribution < 1.29 is 23.8 Å². The monoisotopic (exact) mass is 555 g/mol. The molecule has 0 aliphatic carbocycles. The highest BCUT2D eigenvalue weighted by Gasteiger charge is 2.20. The number of amides is 1. The highest BCUT2D eigenvalue weighted by atomic mass is 19.1. The first kappa shape index (κ1) is 27.4. The Morgan fingerprint density at radius 2 is 1.73 bits per heavy atom. The molecule has 3 aromatic carbocycles. The number of halogens is 1. The molecule has 0 aliphatic heterocycles. The molecule has 1 amide bonds. The zero-order valence-electron chi connectivity index (χ0n) is 23.1. The number of carbonyl (C=O) groups is 1. The van der Waals surface area contributed by atoms with E-state index in [9.17, 15) is 14.3 Å². The summed E-state index contributed by atoms with van der Waals surface area (Å²) in [5.74, 6) is 0.113. The summed E-state index contributed by atoms with van der Waals surface area (Å²) < 4.78 is 27.0. The normalized spacial score (nSPS) is 11.3. The summed E-state index contributed by atoms with van der Waals surface area (Å²) in [7, 11) is 1.62. The molecule has 0 aliphatic rings. The summed E-state index contributed by atoms with van der Waals surface area (Å²) in [4.78, 5) is 21.2. The van der Waals surface area contributed by atoms with Crippen molar-refractivity contribution in [2.24, 2.45) is 0 Å². The van der Waals surface area contributed by atoms with Crippen molar-refractivity contribution in [2.75, 3.05) is 17.7 Å². The maximum atomic E-state index is 14.6. The maximum absolute atomic E-state index is 14.6. The summed E-state index contributed by atoms with van der Waals surface area (Å²) in [6, 6.07) is 20.9. The van der Waals surface area contributed by atoms with E-state index in [1.54, 1.807) is 46.1 Å². The molecule has 0 unspecified atom stereocenters. The van der Waals surface area contributed by atoms with Gasteiger partial charge in [0.2, 0.25) is 0 Å². The number of phenolic OH excluding ortho intramolecular Hbond substituents is 1. The molecule has 0 fully saturated rings. The van der Waals surface area contributed by atoms with Crippen LogP contribution in [0.5, 0.6) is 11.5 Å². The third-order valence-corrected chi connectivity index (χ3v) is 6.22. The van der Waals surface area contributed by atoms with Crippen LogP contribution in [0.3, 0.4) is 0 Å².